The third-order valence-electron chi connectivity index (χ3n) is 23.3. The number of unbranched alkanes of at least 4 members (excludes halogenated alkanes) is 18. The van der Waals surface area contributed by atoms with Gasteiger partial charge in [0, 0.05) is 18.4 Å². The van der Waals surface area contributed by atoms with Gasteiger partial charge < -0.3 is 23.7 Å². The molecule has 16 atom stereocenters. The van der Waals surface area contributed by atoms with E-state index in [1.165, 1.54) is 186 Å². The maximum Gasteiger partial charge on any atom is 0.338 e. The summed E-state index contributed by atoms with van der Waals surface area (Å²) in [4.78, 5) is 50.8. The average Bonchev–Trinajstić information content (AvgIpc) is 1.80. The molecule has 85 heavy (non-hydrogen) atoms. The van der Waals surface area contributed by atoms with E-state index in [2.05, 4.69) is 26.3 Å². The second kappa shape index (κ2) is 36.0. The summed E-state index contributed by atoms with van der Waals surface area (Å²) in [6.07, 6.45) is 52.8. The Labute approximate surface area is 516 Å². The zero-order chi connectivity index (χ0) is 59.8. The first kappa shape index (κ1) is 67.1. The van der Waals surface area contributed by atoms with Gasteiger partial charge in [0.2, 0.25) is 0 Å². The van der Waals surface area contributed by atoms with Crippen LogP contribution in [-0.2, 0) is 33.3 Å². The molecule has 7 fully saturated rings. The van der Waals surface area contributed by atoms with Gasteiger partial charge in [0.25, 0.3) is 0 Å². The molecule has 1 aromatic carbocycles. The summed E-state index contributed by atoms with van der Waals surface area (Å²) in [5.74, 6) is 13.6. The van der Waals surface area contributed by atoms with E-state index < -0.39 is 0 Å². The Balaban J connectivity index is 0.690. The summed E-state index contributed by atoms with van der Waals surface area (Å²) in [5.41, 5.74) is 1.01. The summed E-state index contributed by atoms with van der Waals surface area (Å²) in [5, 5.41) is 0. The van der Waals surface area contributed by atoms with Gasteiger partial charge in [-0.25, -0.2) is 9.59 Å². The largest absolute Gasteiger partial charge is 0.481 e. The normalized spacial score (nSPS) is 30.4. The van der Waals surface area contributed by atoms with Crippen LogP contribution in [0.2, 0.25) is 0 Å². The van der Waals surface area contributed by atoms with Gasteiger partial charge in [-0.1, -0.05) is 168 Å². The molecule has 0 saturated heterocycles. The number of fused-ring (bicyclic) bond motifs is 10. The van der Waals surface area contributed by atoms with Gasteiger partial charge in [-0.15, -0.1) is 6.42 Å². The van der Waals surface area contributed by atoms with Crippen molar-refractivity contribution in [3.8, 4) is 18.1 Å². The Kier molecular flexibility index (Phi) is 28.4. The van der Waals surface area contributed by atoms with Crippen molar-refractivity contribution in [2.24, 2.45) is 94.7 Å². The molecule has 0 N–H and O–H groups in total. The molecule has 9 nitrogen and oxygen atoms in total. The van der Waals surface area contributed by atoms with E-state index in [-0.39, 0.29) is 30.5 Å². The lowest BCUT2D eigenvalue weighted by atomic mass is 9.61. The lowest BCUT2D eigenvalue weighted by molar-refractivity contribution is -0.146. The minimum atomic E-state index is -0.284. The van der Waals surface area contributed by atoms with Crippen LogP contribution in [0.5, 0.6) is 5.75 Å². The summed E-state index contributed by atoms with van der Waals surface area (Å²) in [6.45, 7) is 12.5. The number of carbonyl (C=O) groups is 4. The van der Waals surface area contributed by atoms with E-state index in [0.717, 1.165) is 92.3 Å². The van der Waals surface area contributed by atoms with Gasteiger partial charge in [0.05, 0.1) is 32.0 Å². The predicted molar refractivity (Wildman–Crippen MR) is 341 cm³/mol. The Morgan fingerprint density at radius 2 is 0.894 bits per heavy atom. The van der Waals surface area contributed by atoms with Crippen molar-refractivity contribution >= 4 is 23.9 Å². The third-order valence-corrected chi connectivity index (χ3v) is 23.3. The molecule has 7 aliphatic rings. The van der Waals surface area contributed by atoms with Crippen LogP contribution in [0.4, 0.5) is 0 Å². The molecule has 7 aliphatic carbocycles. The number of hydrogen-bond acceptors (Lipinski definition) is 9. The topological polar surface area (TPSA) is 114 Å². The molecular formula is C76H118O9. The highest BCUT2D eigenvalue weighted by Gasteiger charge is 2.57. The first-order valence-corrected chi connectivity index (χ1v) is 36.0. The number of terminal acetylenes is 1. The first-order valence-electron chi connectivity index (χ1n) is 36.0. The molecule has 4 bridgehead atoms. The van der Waals surface area contributed by atoms with Crippen LogP contribution in [0.15, 0.2) is 36.4 Å². The Hall–Kier alpha value is -3.80. The first-order chi connectivity index (χ1) is 41.5. The zero-order valence-corrected chi connectivity index (χ0v) is 53.9. The Morgan fingerprint density at radius 3 is 1.39 bits per heavy atom. The number of carbonyl (C=O) groups excluding carboxylic acids is 4. The van der Waals surface area contributed by atoms with Crippen LogP contribution in [0.3, 0.4) is 0 Å². The highest BCUT2D eigenvalue weighted by Crippen LogP contribution is 2.63. The van der Waals surface area contributed by atoms with Crippen LogP contribution >= 0.6 is 0 Å². The molecule has 1 aromatic rings. The van der Waals surface area contributed by atoms with Crippen LogP contribution in [0.1, 0.15) is 275 Å². The summed E-state index contributed by atoms with van der Waals surface area (Å²) in [7, 11) is 0. The quantitative estimate of drug-likeness (QED) is 0.0207. The predicted octanol–water partition coefficient (Wildman–Crippen LogP) is 18.9. The van der Waals surface area contributed by atoms with E-state index in [1.807, 2.05) is 0 Å². The summed E-state index contributed by atoms with van der Waals surface area (Å²) >= 11 is 0. The maximum absolute atomic E-state index is 13.1. The van der Waals surface area contributed by atoms with Crippen molar-refractivity contribution < 1.29 is 42.9 Å². The SMILES string of the molecule is C#CCOc1ccc(C(=O)OCC2CC3C4CC(CC4COC(=O)CCCCCCCCC4C(CCCCCCCC)CCC(CCCCCC)C4CCCCCCCCC(=O)OCC4CC5C6CC(CC6COC(=O)C(=C)C)[C@H]5C4)[C@H]3C2)cc1. The zero-order valence-electron chi connectivity index (χ0n) is 53.9. The standard InChI is InChI=1S/C76H118O9/c1-6-9-11-13-18-24-30-58-36-35-57(29-23-12-10-7-2)65(31-25-19-14-16-21-27-33-73(77)82-50-55-42-67-61-47-63(53-85-75(79)54(4)5)70(49-61)71(67)44-55)66(58)32-26-20-15-17-22-28-34-74(78)83-52-62-46-60-48-69(62)72-45-56(43-68(60)72)51-84-76(80)59-37-39-64(40-38-59)81-41-8-3/h3,37-40,55-58,60-63,65-72H,4,6-7,9-36,41-53H2,1-2,5H3/t55?,56?,57?,58?,60?,61?,62?,63?,65?,66?,67-,68-,69?,70?,71?,72?/m1/s1. The third kappa shape index (κ3) is 20.4. The van der Waals surface area contributed by atoms with Gasteiger partial charge in [-0.2, -0.15) is 0 Å². The Bertz CT molecular complexity index is 2210. The van der Waals surface area contributed by atoms with Crippen LogP contribution in [0.25, 0.3) is 0 Å². The fourth-order valence-electron chi connectivity index (χ4n) is 19.2. The molecule has 0 aromatic heterocycles. The Morgan fingerprint density at radius 1 is 0.471 bits per heavy atom. The molecule has 14 unspecified atom stereocenters. The second-order valence-electron chi connectivity index (χ2n) is 29.2. The molecular weight excluding hydrogens is 1060 g/mol. The van der Waals surface area contributed by atoms with Crippen LogP contribution in [-0.4, -0.2) is 56.9 Å². The fourth-order valence-corrected chi connectivity index (χ4v) is 19.2. The molecule has 0 heterocycles. The molecule has 8 rings (SSSR count). The molecule has 0 aliphatic heterocycles. The van der Waals surface area contributed by atoms with Gasteiger partial charge in [-0.05, 0) is 216 Å². The number of esters is 4. The van der Waals surface area contributed by atoms with E-state index in [1.54, 1.807) is 31.2 Å². The monoisotopic (exact) mass is 1170 g/mol. The van der Waals surface area contributed by atoms with Crippen molar-refractivity contribution in [2.45, 2.75) is 265 Å². The van der Waals surface area contributed by atoms with Gasteiger partial charge >= 0.3 is 23.9 Å². The molecule has 476 valence electrons. The summed E-state index contributed by atoms with van der Waals surface area (Å²) < 4.78 is 28.8. The minimum absolute atomic E-state index is 0.000590. The molecule has 9 heteroatoms. The van der Waals surface area contributed by atoms with Crippen LogP contribution < -0.4 is 4.74 Å². The smallest absolute Gasteiger partial charge is 0.338 e. The number of rotatable bonds is 42. The summed E-state index contributed by atoms with van der Waals surface area (Å²) in [6, 6.07) is 6.99. The van der Waals surface area contributed by atoms with Crippen molar-refractivity contribution in [1.29, 1.82) is 0 Å². The van der Waals surface area contributed by atoms with Crippen molar-refractivity contribution in [3.63, 3.8) is 0 Å². The lowest BCUT2D eigenvalue weighted by Gasteiger charge is -2.44. The average molecular weight is 1180 g/mol. The number of hydrogen-bond donors (Lipinski definition) is 0. The molecule has 0 radical (unpaired) electrons. The van der Waals surface area contributed by atoms with Gasteiger partial charge in [-0.3, -0.25) is 9.59 Å². The fraction of sp³-hybridized carbons (Fsp3) is 0.816. The highest BCUT2D eigenvalue weighted by molar-refractivity contribution is 5.89. The van der Waals surface area contributed by atoms with E-state index in [9.17, 15) is 19.2 Å². The van der Waals surface area contributed by atoms with E-state index in [0.29, 0.717) is 103 Å². The van der Waals surface area contributed by atoms with Crippen molar-refractivity contribution in [3.05, 3.63) is 42.0 Å². The number of benzene rings is 1. The van der Waals surface area contributed by atoms with Crippen LogP contribution in [0, 0.1) is 107 Å². The van der Waals surface area contributed by atoms with E-state index >= 15 is 0 Å². The molecule has 0 spiro atoms. The minimum Gasteiger partial charge on any atom is -0.481 e. The van der Waals surface area contributed by atoms with Gasteiger partial charge in [0.15, 0.2) is 0 Å². The second-order valence-corrected chi connectivity index (χ2v) is 29.2. The molecule has 0 amide bonds. The van der Waals surface area contributed by atoms with E-state index in [4.69, 9.17) is 30.1 Å². The molecule has 7 saturated carbocycles. The highest BCUT2D eigenvalue weighted by atomic mass is 16.5. The van der Waals surface area contributed by atoms with Crippen molar-refractivity contribution in [1.82, 2.24) is 0 Å². The van der Waals surface area contributed by atoms with Crippen molar-refractivity contribution in [2.75, 3.05) is 33.0 Å². The van der Waals surface area contributed by atoms with Gasteiger partial charge in [0.1, 0.15) is 12.4 Å². The number of ether oxygens (including phenoxy) is 5. The lowest BCUT2D eigenvalue weighted by Crippen LogP contribution is -2.35. The maximum atomic E-state index is 13.1.